The van der Waals surface area contributed by atoms with Crippen molar-refractivity contribution in [3.05, 3.63) is 65.9 Å². The summed E-state index contributed by atoms with van der Waals surface area (Å²) in [6, 6.07) is 17.3. The van der Waals surface area contributed by atoms with Crippen LogP contribution in [0.3, 0.4) is 0 Å². The number of hydrogen-bond acceptors (Lipinski definition) is 5. The Morgan fingerprint density at radius 2 is 1.96 bits per heavy atom. The molecular weight excluding hydrogens is 372 g/mol. The van der Waals surface area contributed by atoms with Crippen LogP contribution in [0.4, 0.5) is 5.82 Å². The van der Waals surface area contributed by atoms with Crippen molar-refractivity contribution < 1.29 is 9.53 Å². The Labute approximate surface area is 166 Å². The lowest BCUT2D eigenvalue weighted by atomic mass is 10.1. The first-order valence-electron chi connectivity index (χ1n) is 9.06. The molecule has 1 N–H and O–H groups in total. The van der Waals surface area contributed by atoms with Crippen molar-refractivity contribution in [3.8, 4) is 10.9 Å². The van der Waals surface area contributed by atoms with Crippen LogP contribution >= 0.6 is 11.3 Å². The number of benzene rings is 2. The van der Waals surface area contributed by atoms with Gasteiger partial charge in [0, 0.05) is 6.07 Å². The van der Waals surface area contributed by atoms with Crippen molar-refractivity contribution in [2.24, 2.45) is 0 Å². The minimum absolute atomic E-state index is 0.105. The molecule has 7 heteroatoms. The number of nitrogens with one attached hydrogen (secondary N) is 1. The maximum Gasteiger partial charge on any atom is 0.229 e. The Morgan fingerprint density at radius 3 is 2.71 bits per heavy atom. The van der Waals surface area contributed by atoms with Gasteiger partial charge in [0.05, 0.1) is 28.9 Å². The number of nitrogens with zero attached hydrogens (tertiary/aromatic N) is 3. The van der Waals surface area contributed by atoms with Gasteiger partial charge in [-0.3, -0.25) is 4.79 Å². The molecule has 0 saturated heterocycles. The van der Waals surface area contributed by atoms with E-state index in [1.807, 2.05) is 68.4 Å². The molecule has 142 valence electrons. The van der Waals surface area contributed by atoms with Gasteiger partial charge < -0.3 is 10.1 Å². The second-order valence-corrected chi connectivity index (χ2v) is 7.36. The molecule has 0 aliphatic rings. The van der Waals surface area contributed by atoms with E-state index in [1.54, 1.807) is 4.68 Å². The number of para-hydroxylation sites is 1. The van der Waals surface area contributed by atoms with Crippen LogP contribution in [0.5, 0.6) is 5.75 Å². The molecule has 0 radical (unpaired) electrons. The van der Waals surface area contributed by atoms with Gasteiger partial charge >= 0.3 is 0 Å². The summed E-state index contributed by atoms with van der Waals surface area (Å²) in [5.41, 5.74) is 2.65. The number of fused-ring (bicyclic) bond motifs is 1. The van der Waals surface area contributed by atoms with Crippen LogP contribution in [0.1, 0.15) is 18.2 Å². The number of aromatic nitrogens is 3. The molecule has 0 aliphatic heterocycles. The lowest BCUT2D eigenvalue weighted by Crippen LogP contribution is -2.17. The number of thiazole rings is 1. The quantitative estimate of drug-likeness (QED) is 0.529. The molecule has 4 rings (SSSR count). The lowest BCUT2D eigenvalue weighted by Gasteiger charge is -2.07. The molecule has 2 heterocycles. The fourth-order valence-corrected chi connectivity index (χ4v) is 3.86. The van der Waals surface area contributed by atoms with Gasteiger partial charge in [0.25, 0.3) is 0 Å². The topological polar surface area (TPSA) is 69.0 Å². The predicted octanol–water partition coefficient (Wildman–Crippen LogP) is 4.37. The van der Waals surface area contributed by atoms with Gasteiger partial charge in [-0.05, 0) is 43.7 Å². The Balaban J connectivity index is 1.52. The summed E-state index contributed by atoms with van der Waals surface area (Å²) in [6.07, 6.45) is 0.274. The van der Waals surface area contributed by atoms with E-state index in [9.17, 15) is 4.79 Å². The van der Waals surface area contributed by atoms with Crippen molar-refractivity contribution in [2.45, 2.75) is 20.3 Å². The van der Waals surface area contributed by atoms with E-state index in [-0.39, 0.29) is 12.3 Å². The van der Waals surface area contributed by atoms with Gasteiger partial charge in [0.2, 0.25) is 11.0 Å². The highest BCUT2D eigenvalue weighted by atomic mass is 32.1. The molecule has 0 atom stereocenters. The zero-order valence-electron chi connectivity index (χ0n) is 15.7. The zero-order chi connectivity index (χ0) is 19.5. The largest absolute Gasteiger partial charge is 0.494 e. The van der Waals surface area contributed by atoms with Gasteiger partial charge in [0.15, 0.2) is 0 Å². The normalized spacial score (nSPS) is 10.9. The Hall–Kier alpha value is -3.19. The highest BCUT2D eigenvalue weighted by Crippen LogP contribution is 2.27. The molecule has 1 amide bonds. The van der Waals surface area contributed by atoms with E-state index in [0.717, 1.165) is 32.4 Å². The maximum absolute atomic E-state index is 12.6. The first kappa shape index (κ1) is 18.2. The summed E-state index contributed by atoms with van der Waals surface area (Å²) < 4.78 is 8.21. The van der Waals surface area contributed by atoms with Gasteiger partial charge in [-0.1, -0.05) is 35.6 Å². The van der Waals surface area contributed by atoms with Crippen LogP contribution < -0.4 is 10.1 Å². The number of rotatable bonds is 6. The van der Waals surface area contributed by atoms with Crippen LogP contribution in [0.15, 0.2) is 54.6 Å². The third kappa shape index (κ3) is 3.89. The standard InChI is InChI=1S/C21H20N4O2S/c1-3-27-16-10-8-15(9-11-16)13-20(26)23-19-12-14(2)24-25(19)21-22-17-6-4-5-7-18(17)28-21/h4-12H,3,13H2,1-2H3,(H,23,26). The maximum atomic E-state index is 12.6. The summed E-state index contributed by atoms with van der Waals surface area (Å²) in [4.78, 5) is 17.2. The minimum Gasteiger partial charge on any atom is -0.494 e. The fraction of sp³-hybridized carbons (Fsp3) is 0.190. The highest BCUT2D eigenvalue weighted by molar-refractivity contribution is 7.20. The van der Waals surface area contributed by atoms with Crippen LogP contribution in [0.25, 0.3) is 15.3 Å². The van der Waals surface area contributed by atoms with Crippen molar-refractivity contribution in [1.29, 1.82) is 0 Å². The summed E-state index contributed by atoms with van der Waals surface area (Å²) >= 11 is 1.54. The molecule has 0 fully saturated rings. The second-order valence-electron chi connectivity index (χ2n) is 6.35. The molecule has 2 aromatic carbocycles. The minimum atomic E-state index is -0.105. The Morgan fingerprint density at radius 1 is 1.18 bits per heavy atom. The molecule has 0 spiro atoms. The highest BCUT2D eigenvalue weighted by Gasteiger charge is 2.14. The first-order valence-corrected chi connectivity index (χ1v) is 9.88. The van der Waals surface area contributed by atoms with Crippen LogP contribution in [-0.2, 0) is 11.2 Å². The first-order chi connectivity index (χ1) is 13.6. The van der Waals surface area contributed by atoms with E-state index >= 15 is 0 Å². The van der Waals surface area contributed by atoms with Crippen LogP contribution in [0, 0.1) is 6.92 Å². The van der Waals surface area contributed by atoms with Gasteiger partial charge in [-0.15, -0.1) is 0 Å². The molecule has 2 aromatic heterocycles. The van der Waals surface area contributed by atoms with Gasteiger partial charge in [-0.25, -0.2) is 4.98 Å². The molecule has 6 nitrogen and oxygen atoms in total. The zero-order valence-corrected chi connectivity index (χ0v) is 16.5. The Bertz CT molecular complexity index is 1080. The number of amides is 1. The Kier molecular flexibility index (Phi) is 5.08. The van der Waals surface area contributed by atoms with E-state index in [1.165, 1.54) is 11.3 Å². The van der Waals surface area contributed by atoms with Crippen LogP contribution in [-0.4, -0.2) is 27.3 Å². The average molecular weight is 392 g/mol. The molecule has 0 saturated carbocycles. The predicted molar refractivity (Wildman–Crippen MR) is 111 cm³/mol. The SMILES string of the molecule is CCOc1ccc(CC(=O)Nc2cc(C)nn2-c2nc3ccccc3s2)cc1. The third-order valence-corrected chi connectivity index (χ3v) is 5.17. The third-order valence-electron chi connectivity index (χ3n) is 4.16. The number of hydrogen-bond donors (Lipinski definition) is 1. The second kappa shape index (κ2) is 7.82. The number of aryl methyl sites for hydroxylation is 1. The van der Waals surface area contributed by atoms with Crippen molar-refractivity contribution >= 4 is 33.3 Å². The number of carbonyl (C=O) groups excluding carboxylic acids is 1. The molecular formula is C21H20N4O2S. The molecule has 0 aliphatic carbocycles. The van der Waals surface area contributed by atoms with E-state index in [4.69, 9.17) is 4.74 Å². The lowest BCUT2D eigenvalue weighted by molar-refractivity contribution is -0.115. The molecule has 0 unspecified atom stereocenters. The number of ether oxygens (including phenoxy) is 1. The number of carbonyl (C=O) groups is 1. The monoisotopic (exact) mass is 392 g/mol. The van der Waals surface area contributed by atoms with E-state index in [2.05, 4.69) is 15.4 Å². The van der Waals surface area contributed by atoms with Crippen molar-refractivity contribution in [1.82, 2.24) is 14.8 Å². The van der Waals surface area contributed by atoms with Crippen molar-refractivity contribution in [3.63, 3.8) is 0 Å². The van der Waals surface area contributed by atoms with E-state index in [0.29, 0.717) is 12.4 Å². The molecule has 28 heavy (non-hydrogen) atoms. The number of anilines is 1. The molecule has 0 bridgehead atoms. The smallest absolute Gasteiger partial charge is 0.229 e. The van der Waals surface area contributed by atoms with Gasteiger partial charge in [-0.2, -0.15) is 9.78 Å². The fourth-order valence-electron chi connectivity index (χ4n) is 2.93. The summed E-state index contributed by atoms with van der Waals surface area (Å²) in [5.74, 6) is 1.31. The summed E-state index contributed by atoms with van der Waals surface area (Å²) in [5, 5.41) is 8.19. The summed E-state index contributed by atoms with van der Waals surface area (Å²) in [6.45, 7) is 4.46. The average Bonchev–Trinajstić information content (AvgIpc) is 3.26. The van der Waals surface area contributed by atoms with Gasteiger partial charge in [0.1, 0.15) is 11.6 Å². The summed E-state index contributed by atoms with van der Waals surface area (Å²) in [7, 11) is 0. The van der Waals surface area contributed by atoms with Crippen molar-refractivity contribution in [2.75, 3.05) is 11.9 Å². The van der Waals surface area contributed by atoms with E-state index < -0.39 is 0 Å². The molecule has 4 aromatic rings. The van der Waals surface area contributed by atoms with Crippen LogP contribution in [0.2, 0.25) is 0 Å².